The van der Waals surface area contributed by atoms with Crippen LogP contribution in [0.4, 0.5) is 9.18 Å². The molecule has 3 aromatic rings. The first-order valence-electron chi connectivity index (χ1n) is 12.0. The second kappa shape index (κ2) is 13.2. The van der Waals surface area contributed by atoms with Crippen molar-refractivity contribution in [3.8, 4) is 17.4 Å². The van der Waals surface area contributed by atoms with E-state index in [1.807, 2.05) is 6.07 Å². The van der Waals surface area contributed by atoms with Gasteiger partial charge in [0, 0.05) is 24.3 Å². The van der Waals surface area contributed by atoms with Gasteiger partial charge in [-0.15, -0.1) is 0 Å². The molecule has 1 saturated carbocycles. The van der Waals surface area contributed by atoms with Crippen LogP contribution in [-0.4, -0.2) is 27.9 Å². The van der Waals surface area contributed by atoms with E-state index in [9.17, 15) is 19.1 Å². The summed E-state index contributed by atoms with van der Waals surface area (Å²) in [5, 5.41) is 15.4. The zero-order valence-corrected chi connectivity index (χ0v) is 20.5. The summed E-state index contributed by atoms with van der Waals surface area (Å²) < 4.78 is 18.1. The number of benzene rings is 2. The van der Waals surface area contributed by atoms with Crippen molar-refractivity contribution in [1.82, 2.24) is 15.6 Å². The number of rotatable bonds is 6. The number of nitrogens with zero attached hydrogens (tertiary/aromatic N) is 1. The van der Waals surface area contributed by atoms with Gasteiger partial charge in [0.1, 0.15) is 17.3 Å². The van der Waals surface area contributed by atoms with Crippen LogP contribution in [0.2, 0.25) is 0 Å². The largest absolute Gasteiger partial charge is 0.508 e. The summed E-state index contributed by atoms with van der Waals surface area (Å²) in [6.07, 6.45) is 6.02. The highest BCUT2D eigenvalue weighted by Crippen LogP contribution is 2.24. The zero-order chi connectivity index (χ0) is 25.9. The summed E-state index contributed by atoms with van der Waals surface area (Å²) in [6.45, 7) is 4.05. The number of carbonyl (C=O) groups is 2. The van der Waals surface area contributed by atoms with Crippen molar-refractivity contribution in [2.75, 3.05) is 0 Å². The van der Waals surface area contributed by atoms with E-state index >= 15 is 0 Å². The number of para-hydroxylation sites is 1. The maximum atomic E-state index is 12.7. The van der Waals surface area contributed by atoms with Crippen LogP contribution in [0, 0.1) is 11.7 Å². The monoisotopic (exact) mass is 493 g/mol. The van der Waals surface area contributed by atoms with Crippen molar-refractivity contribution in [3.05, 3.63) is 83.8 Å². The van der Waals surface area contributed by atoms with E-state index in [0.717, 1.165) is 24.3 Å². The third-order valence-electron chi connectivity index (χ3n) is 5.96. The van der Waals surface area contributed by atoms with Crippen LogP contribution in [0.1, 0.15) is 55.5 Å². The second-order valence-electron chi connectivity index (χ2n) is 8.88. The zero-order valence-electron chi connectivity index (χ0n) is 20.5. The number of nitrogens with one attached hydrogen (secondary N) is 2. The second-order valence-corrected chi connectivity index (χ2v) is 8.88. The molecule has 7 nitrogen and oxygen atoms in total. The molecule has 0 spiro atoms. The summed E-state index contributed by atoms with van der Waals surface area (Å²) in [6, 6.07) is 16.0. The molecule has 0 radical (unpaired) electrons. The number of phenolic OH excluding ortho intramolecular Hbond substituents is 1. The maximum Gasteiger partial charge on any atom is 0.315 e. The molecule has 1 fully saturated rings. The minimum atomic E-state index is -0.342. The van der Waals surface area contributed by atoms with Crippen molar-refractivity contribution in [2.24, 2.45) is 5.92 Å². The summed E-state index contributed by atoms with van der Waals surface area (Å²) in [7, 11) is 0. The van der Waals surface area contributed by atoms with Gasteiger partial charge in [0.2, 0.25) is 5.88 Å². The predicted molar refractivity (Wildman–Crippen MR) is 136 cm³/mol. The predicted octanol–water partition coefficient (Wildman–Crippen LogP) is 5.99. The molecule has 3 N–H and O–H groups in total. The van der Waals surface area contributed by atoms with Crippen LogP contribution >= 0.6 is 0 Å². The Kier molecular flexibility index (Phi) is 9.80. The normalized spacial score (nSPS) is 16.8. The lowest BCUT2D eigenvalue weighted by molar-refractivity contribution is 0.101. The van der Waals surface area contributed by atoms with E-state index in [2.05, 4.69) is 22.5 Å². The average molecular weight is 494 g/mol. The van der Waals surface area contributed by atoms with Crippen molar-refractivity contribution >= 4 is 11.8 Å². The molecule has 0 aliphatic heterocycles. The highest BCUT2D eigenvalue weighted by molar-refractivity contribution is 5.96. The van der Waals surface area contributed by atoms with E-state index < -0.39 is 0 Å². The molecule has 2 amide bonds. The van der Waals surface area contributed by atoms with Gasteiger partial charge in [-0.2, -0.15) is 0 Å². The van der Waals surface area contributed by atoms with Crippen molar-refractivity contribution in [3.63, 3.8) is 0 Å². The number of Topliss-reactive ketones (excluding diaryl/α,β-unsaturated/α-hetero) is 1. The van der Waals surface area contributed by atoms with Gasteiger partial charge in [-0.1, -0.05) is 25.1 Å². The van der Waals surface area contributed by atoms with Crippen LogP contribution in [0.5, 0.6) is 17.4 Å². The molecule has 1 heterocycles. The Balaban J connectivity index is 0.000000202. The fraction of sp³-hybridized carbons (Fsp3) is 0.321. The van der Waals surface area contributed by atoms with Crippen LogP contribution in [-0.2, 0) is 6.54 Å². The molecule has 0 saturated heterocycles. The number of pyridine rings is 1. The van der Waals surface area contributed by atoms with Crippen LogP contribution in [0.15, 0.2) is 66.9 Å². The van der Waals surface area contributed by atoms with Gasteiger partial charge >= 0.3 is 6.03 Å². The third kappa shape index (κ3) is 8.37. The molecule has 36 heavy (non-hydrogen) atoms. The molecule has 8 heteroatoms. The van der Waals surface area contributed by atoms with Crippen LogP contribution < -0.4 is 15.4 Å². The number of hydrogen-bond acceptors (Lipinski definition) is 5. The third-order valence-corrected chi connectivity index (χ3v) is 5.96. The van der Waals surface area contributed by atoms with Crippen molar-refractivity contribution in [1.29, 1.82) is 0 Å². The summed E-state index contributed by atoms with van der Waals surface area (Å²) in [5.74, 6) is 1.19. The highest BCUT2D eigenvalue weighted by Gasteiger charge is 2.19. The molecule has 0 unspecified atom stereocenters. The summed E-state index contributed by atoms with van der Waals surface area (Å²) >= 11 is 0. The average Bonchev–Trinajstić information content (AvgIpc) is 2.87. The number of ether oxygens (including phenoxy) is 1. The van der Waals surface area contributed by atoms with E-state index in [1.54, 1.807) is 30.3 Å². The van der Waals surface area contributed by atoms with Gasteiger partial charge in [0.25, 0.3) is 0 Å². The fourth-order valence-electron chi connectivity index (χ4n) is 3.83. The van der Waals surface area contributed by atoms with E-state index in [-0.39, 0.29) is 29.3 Å². The van der Waals surface area contributed by atoms with E-state index in [1.165, 1.54) is 50.2 Å². The molecule has 2 aromatic carbocycles. The Hall–Kier alpha value is -3.94. The number of halogens is 1. The number of aromatic nitrogens is 1. The van der Waals surface area contributed by atoms with Crippen molar-refractivity contribution in [2.45, 2.75) is 52.1 Å². The molecule has 4 rings (SSSR count). The number of aromatic hydroxyl groups is 1. The SMILES string of the molecule is CC(=O)c1cccnc1Oc1ccc(F)cc1.CC1CCC(NC(=O)NCc2ccccc2O)CC1. The lowest BCUT2D eigenvalue weighted by Crippen LogP contribution is -2.43. The number of phenols is 1. The number of ketones is 1. The molecule has 190 valence electrons. The quantitative estimate of drug-likeness (QED) is 0.367. The van der Waals surface area contributed by atoms with Gasteiger partial charge in [-0.05, 0) is 81.0 Å². The highest BCUT2D eigenvalue weighted by atomic mass is 19.1. The van der Waals surface area contributed by atoms with Crippen molar-refractivity contribution < 1.29 is 23.8 Å². The number of amides is 2. The minimum absolute atomic E-state index is 0.129. The van der Waals surface area contributed by atoms with Crippen LogP contribution in [0.3, 0.4) is 0 Å². The standard InChI is InChI=1S/C15H22N2O2.C13H10FNO2/c1-11-6-8-13(9-7-11)17-15(19)16-10-12-4-2-3-5-14(12)18;1-9(16)12-3-2-8-15-13(12)17-11-6-4-10(14)5-7-11/h2-5,11,13,18H,6-10H2,1H3,(H2,16,17,19);2-8H,1H3. The first-order chi connectivity index (χ1) is 17.3. The lowest BCUT2D eigenvalue weighted by Gasteiger charge is -2.26. The first kappa shape index (κ1) is 26.7. The molecule has 0 bridgehead atoms. The molecule has 1 aliphatic carbocycles. The molecular formula is C28H32FN3O4. The van der Waals surface area contributed by atoms with Gasteiger partial charge in [0.05, 0.1) is 5.56 Å². The van der Waals surface area contributed by atoms with Gasteiger partial charge in [0.15, 0.2) is 5.78 Å². The van der Waals surface area contributed by atoms with Crippen LogP contribution in [0.25, 0.3) is 0 Å². The Morgan fingerprint density at radius 2 is 1.72 bits per heavy atom. The lowest BCUT2D eigenvalue weighted by atomic mass is 9.87. The summed E-state index contributed by atoms with van der Waals surface area (Å²) in [5.41, 5.74) is 1.13. The van der Waals surface area contributed by atoms with E-state index in [4.69, 9.17) is 4.74 Å². The first-order valence-corrected chi connectivity index (χ1v) is 12.0. The Morgan fingerprint density at radius 3 is 2.39 bits per heavy atom. The maximum absolute atomic E-state index is 12.7. The fourth-order valence-corrected chi connectivity index (χ4v) is 3.83. The molecular weight excluding hydrogens is 461 g/mol. The summed E-state index contributed by atoms with van der Waals surface area (Å²) in [4.78, 5) is 27.1. The van der Waals surface area contributed by atoms with Gasteiger partial charge in [-0.3, -0.25) is 4.79 Å². The number of urea groups is 1. The molecule has 0 atom stereocenters. The van der Waals surface area contributed by atoms with Gasteiger partial charge < -0.3 is 20.5 Å². The van der Waals surface area contributed by atoms with E-state index in [0.29, 0.717) is 23.9 Å². The number of hydrogen-bond donors (Lipinski definition) is 3. The smallest absolute Gasteiger partial charge is 0.315 e. The Labute approximate surface area is 210 Å². The Bertz CT molecular complexity index is 1150. The van der Waals surface area contributed by atoms with Gasteiger partial charge in [-0.25, -0.2) is 14.2 Å². The molecule has 1 aromatic heterocycles. The topological polar surface area (TPSA) is 101 Å². The Morgan fingerprint density at radius 1 is 1.03 bits per heavy atom. The minimum Gasteiger partial charge on any atom is -0.508 e. The molecule has 1 aliphatic rings. The number of carbonyl (C=O) groups excluding carboxylic acids is 2.